The zero-order chi connectivity index (χ0) is 13.0. The third-order valence-corrected chi connectivity index (χ3v) is 3.97. The number of likely N-dealkylation sites (tertiary alicyclic amines) is 1. The minimum Gasteiger partial charge on any atom is -0.399 e. The molecular weight excluding hydrogens is 228 g/mol. The predicted octanol–water partition coefficient (Wildman–Crippen LogP) is 0.894. The molecule has 1 aliphatic carbocycles. The van der Waals surface area contributed by atoms with Crippen LogP contribution in [0, 0.1) is 0 Å². The maximum atomic E-state index is 12.5. The lowest BCUT2D eigenvalue weighted by Gasteiger charge is -2.45. The van der Waals surface area contributed by atoms with Crippen molar-refractivity contribution >= 4 is 11.6 Å². The molecule has 0 unspecified atom stereocenters. The largest absolute Gasteiger partial charge is 0.399 e. The van der Waals surface area contributed by atoms with E-state index in [1.165, 1.54) is 0 Å². The Kier molecular flexibility index (Phi) is 2.23. The second kappa shape index (κ2) is 3.48. The molecule has 1 aromatic carbocycles. The maximum absolute atomic E-state index is 12.5. The zero-order valence-corrected chi connectivity index (χ0v) is 10.5. The average Bonchev–Trinajstić information content (AvgIpc) is 3.07. The Morgan fingerprint density at radius 3 is 2.28 bits per heavy atom. The van der Waals surface area contributed by atoms with Gasteiger partial charge in [0.15, 0.2) is 0 Å². The number of nitrogen functional groups attached to an aromatic ring is 1. The van der Waals surface area contributed by atoms with Crippen LogP contribution in [0.4, 0.5) is 5.69 Å². The summed E-state index contributed by atoms with van der Waals surface area (Å²) < 4.78 is 0. The molecule has 0 bridgehead atoms. The summed E-state index contributed by atoms with van der Waals surface area (Å²) in [5.74, 6) is 0.152. The second-order valence-electron chi connectivity index (χ2n) is 5.86. The van der Waals surface area contributed by atoms with Gasteiger partial charge in [-0.2, -0.15) is 0 Å². The fraction of sp³-hybridized carbons (Fsp3) is 0.500. The summed E-state index contributed by atoms with van der Waals surface area (Å²) in [6.07, 6.45) is 1.79. The smallest absolute Gasteiger partial charge is 0.233 e. The summed E-state index contributed by atoms with van der Waals surface area (Å²) in [5.41, 5.74) is 6.39. The normalized spacial score (nSPS) is 23.3. The number of carbonyl (C=O) groups is 1. The molecule has 4 nitrogen and oxygen atoms in total. The van der Waals surface area contributed by atoms with E-state index >= 15 is 0 Å². The maximum Gasteiger partial charge on any atom is 0.233 e. The summed E-state index contributed by atoms with van der Waals surface area (Å²) >= 11 is 0. The van der Waals surface area contributed by atoms with E-state index < -0.39 is 5.60 Å². The number of nitrogens with zero attached hydrogens (tertiary/aromatic N) is 1. The molecule has 1 aliphatic heterocycles. The van der Waals surface area contributed by atoms with Crippen LogP contribution in [0.2, 0.25) is 0 Å². The van der Waals surface area contributed by atoms with Crippen LogP contribution >= 0.6 is 0 Å². The van der Waals surface area contributed by atoms with Crippen LogP contribution in [0.3, 0.4) is 0 Å². The SMILES string of the molecule is CC1(O)CN(C(=O)C2(c3ccc(N)cc3)CC2)C1. The van der Waals surface area contributed by atoms with E-state index in [0.29, 0.717) is 18.8 Å². The first-order chi connectivity index (χ1) is 8.43. The first-order valence-corrected chi connectivity index (χ1v) is 6.31. The lowest BCUT2D eigenvalue weighted by atomic mass is 9.89. The number of amides is 1. The van der Waals surface area contributed by atoms with Crippen LogP contribution in [0.1, 0.15) is 25.3 Å². The van der Waals surface area contributed by atoms with Crippen molar-refractivity contribution in [2.24, 2.45) is 0 Å². The molecule has 4 heteroatoms. The van der Waals surface area contributed by atoms with Gasteiger partial charge in [0.25, 0.3) is 0 Å². The minimum absolute atomic E-state index is 0.152. The first kappa shape index (κ1) is 11.5. The Bertz CT molecular complexity index is 481. The van der Waals surface area contributed by atoms with Crippen LogP contribution < -0.4 is 5.73 Å². The molecule has 2 fully saturated rings. The van der Waals surface area contributed by atoms with Gasteiger partial charge in [-0.15, -0.1) is 0 Å². The van der Waals surface area contributed by atoms with Gasteiger partial charge in [0.2, 0.25) is 5.91 Å². The van der Waals surface area contributed by atoms with E-state index in [2.05, 4.69) is 0 Å². The summed E-state index contributed by atoms with van der Waals surface area (Å²) in [7, 11) is 0. The van der Waals surface area contributed by atoms with Crippen LogP contribution in [-0.4, -0.2) is 34.6 Å². The molecule has 1 aromatic rings. The van der Waals surface area contributed by atoms with Gasteiger partial charge in [0.1, 0.15) is 0 Å². The van der Waals surface area contributed by atoms with Crippen molar-refractivity contribution in [1.82, 2.24) is 4.90 Å². The van der Waals surface area contributed by atoms with Crippen molar-refractivity contribution in [2.75, 3.05) is 18.8 Å². The highest BCUT2D eigenvalue weighted by atomic mass is 16.3. The Balaban J connectivity index is 1.79. The van der Waals surface area contributed by atoms with E-state index in [1.807, 2.05) is 24.3 Å². The lowest BCUT2D eigenvalue weighted by molar-refractivity contribution is -0.155. The summed E-state index contributed by atoms with van der Waals surface area (Å²) in [6.45, 7) is 2.66. The van der Waals surface area contributed by atoms with Gasteiger partial charge < -0.3 is 15.7 Å². The number of rotatable bonds is 2. The average molecular weight is 246 g/mol. The highest BCUT2D eigenvalue weighted by Crippen LogP contribution is 2.50. The van der Waals surface area contributed by atoms with Gasteiger partial charge in [0.05, 0.1) is 24.1 Å². The van der Waals surface area contributed by atoms with E-state index in [1.54, 1.807) is 11.8 Å². The second-order valence-corrected chi connectivity index (χ2v) is 5.86. The van der Waals surface area contributed by atoms with Gasteiger partial charge in [-0.1, -0.05) is 12.1 Å². The molecule has 0 spiro atoms. The molecule has 1 amide bonds. The minimum atomic E-state index is -0.702. The lowest BCUT2D eigenvalue weighted by Crippen LogP contribution is -2.63. The molecule has 1 saturated heterocycles. The van der Waals surface area contributed by atoms with Crippen LogP contribution in [0.15, 0.2) is 24.3 Å². The zero-order valence-electron chi connectivity index (χ0n) is 10.5. The van der Waals surface area contributed by atoms with E-state index in [9.17, 15) is 9.90 Å². The molecule has 0 radical (unpaired) electrons. The number of nitrogens with two attached hydrogens (primary N) is 1. The molecule has 3 N–H and O–H groups in total. The Morgan fingerprint density at radius 2 is 1.83 bits per heavy atom. The number of hydrogen-bond donors (Lipinski definition) is 2. The van der Waals surface area contributed by atoms with Gasteiger partial charge in [-0.05, 0) is 37.5 Å². The quantitative estimate of drug-likeness (QED) is 0.762. The third kappa shape index (κ3) is 1.68. The number of β-amino-alcohol motifs (C(OH)–C–C–N with tert-alkyl or cyclic N) is 1. The van der Waals surface area contributed by atoms with Crippen LogP contribution in [0.25, 0.3) is 0 Å². The number of hydrogen-bond acceptors (Lipinski definition) is 3. The van der Waals surface area contributed by atoms with Crippen molar-refractivity contribution in [3.05, 3.63) is 29.8 Å². The monoisotopic (exact) mass is 246 g/mol. The molecule has 0 aromatic heterocycles. The summed E-state index contributed by atoms with van der Waals surface area (Å²) in [4.78, 5) is 14.2. The highest BCUT2D eigenvalue weighted by molar-refractivity contribution is 5.92. The Hall–Kier alpha value is -1.55. The fourth-order valence-electron chi connectivity index (χ4n) is 2.78. The molecule has 18 heavy (non-hydrogen) atoms. The van der Waals surface area contributed by atoms with Crippen molar-refractivity contribution in [1.29, 1.82) is 0 Å². The molecule has 96 valence electrons. The fourth-order valence-corrected chi connectivity index (χ4v) is 2.78. The topological polar surface area (TPSA) is 66.6 Å². The number of anilines is 1. The van der Waals surface area contributed by atoms with Crippen LogP contribution in [0.5, 0.6) is 0 Å². The highest BCUT2D eigenvalue weighted by Gasteiger charge is 2.56. The van der Waals surface area contributed by atoms with Gasteiger partial charge in [-0.3, -0.25) is 4.79 Å². The third-order valence-electron chi connectivity index (χ3n) is 3.97. The number of aliphatic hydroxyl groups is 1. The van der Waals surface area contributed by atoms with Crippen molar-refractivity contribution in [2.45, 2.75) is 30.8 Å². The number of benzene rings is 1. The molecule has 1 heterocycles. The molecule has 2 aliphatic rings. The van der Waals surface area contributed by atoms with Crippen molar-refractivity contribution in [3.63, 3.8) is 0 Å². The van der Waals surface area contributed by atoms with E-state index in [-0.39, 0.29) is 11.3 Å². The Labute approximate surface area is 106 Å². The van der Waals surface area contributed by atoms with E-state index in [4.69, 9.17) is 5.73 Å². The van der Waals surface area contributed by atoms with Crippen molar-refractivity contribution in [3.8, 4) is 0 Å². The summed E-state index contributed by atoms with van der Waals surface area (Å²) in [6, 6.07) is 7.57. The Morgan fingerprint density at radius 1 is 1.28 bits per heavy atom. The van der Waals surface area contributed by atoms with Crippen molar-refractivity contribution < 1.29 is 9.90 Å². The number of carbonyl (C=O) groups excluding carboxylic acids is 1. The molecule has 1 saturated carbocycles. The summed E-state index contributed by atoms with van der Waals surface area (Å²) in [5, 5.41) is 9.72. The molecule has 0 atom stereocenters. The van der Waals surface area contributed by atoms with Gasteiger partial charge >= 0.3 is 0 Å². The van der Waals surface area contributed by atoms with Crippen LogP contribution in [-0.2, 0) is 10.2 Å². The standard InChI is InChI=1S/C14H18N2O2/c1-13(18)8-16(9-13)12(17)14(6-7-14)10-2-4-11(15)5-3-10/h2-5,18H,6-9,15H2,1H3. The van der Waals surface area contributed by atoms with Gasteiger partial charge in [0, 0.05) is 5.69 Å². The molecular formula is C14H18N2O2. The first-order valence-electron chi connectivity index (χ1n) is 6.31. The molecule has 3 rings (SSSR count). The predicted molar refractivity (Wildman–Crippen MR) is 69.0 cm³/mol. The van der Waals surface area contributed by atoms with Gasteiger partial charge in [-0.25, -0.2) is 0 Å². The van der Waals surface area contributed by atoms with E-state index in [0.717, 1.165) is 18.4 Å².